The van der Waals surface area contributed by atoms with E-state index in [1.54, 1.807) is 25.3 Å². The van der Waals surface area contributed by atoms with Gasteiger partial charge in [-0.3, -0.25) is 0 Å². The molecule has 3 nitrogen and oxygen atoms in total. The number of ether oxygens (including phenoxy) is 2. The minimum absolute atomic E-state index is 0.162. The highest BCUT2D eigenvalue weighted by Crippen LogP contribution is 2.33. The van der Waals surface area contributed by atoms with Crippen LogP contribution in [0.3, 0.4) is 0 Å². The van der Waals surface area contributed by atoms with Gasteiger partial charge in [-0.15, -0.1) is 0 Å². The van der Waals surface area contributed by atoms with Gasteiger partial charge in [0.15, 0.2) is 11.5 Å². The third-order valence-corrected chi connectivity index (χ3v) is 3.24. The van der Waals surface area contributed by atoms with Gasteiger partial charge in [0, 0.05) is 5.03 Å². The summed E-state index contributed by atoms with van der Waals surface area (Å²) in [4.78, 5) is 0. The van der Waals surface area contributed by atoms with Crippen LogP contribution in [0, 0.1) is 0 Å². The summed E-state index contributed by atoms with van der Waals surface area (Å²) in [6, 6.07) is 15.0. The first-order chi connectivity index (χ1) is 10.1. The Balaban J connectivity index is 2.15. The molecule has 1 N–H and O–H groups in total. The van der Waals surface area contributed by atoms with Crippen molar-refractivity contribution in [3.05, 3.63) is 71.3 Å². The fourth-order valence-corrected chi connectivity index (χ4v) is 2.02. The molecule has 0 amide bonds. The van der Waals surface area contributed by atoms with Crippen molar-refractivity contribution in [3.63, 3.8) is 0 Å². The van der Waals surface area contributed by atoms with Gasteiger partial charge in [-0.25, -0.2) is 0 Å². The van der Waals surface area contributed by atoms with Gasteiger partial charge in [-0.2, -0.15) is 0 Å². The van der Waals surface area contributed by atoms with Crippen molar-refractivity contribution in [1.29, 1.82) is 0 Å². The van der Waals surface area contributed by atoms with E-state index in [-0.39, 0.29) is 5.03 Å². The van der Waals surface area contributed by atoms with Crippen molar-refractivity contribution >= 4 is 11.6 Å². The van der Waals surface area contributed by atoms with Crippen LogP contribution in [0.5, 0.6) is 11.5 Å². The minimum Gasteiger partial charge on any atom is -0.493 e. The molecule has 0 saturated heterocycles. The maximum absolute atomic E-state index is 9.89. The largest absolute Gasteiger partial charge is 0.493 e. The third-order valence-electron chi connectivity index (χ3n) is 3.04. The average molecular weight is 305 g/mol. The lowest BCUT2D eigenvalue weighted by Crippen LogP contribution is -2.01. The van der Waals surface area contributed by atoms with Crippen molar-refractivity contribution in [1.82, 2.24) is 0 Å². The Morgan fingerprint density at radius 1 is 1.19 bits per heavy atom. The van der Waals surface area contributed by atoms with Crippen LogP contribution in [0.2, 0.25) is 0 Å². The Bertz CT molecular complexity index is 611. The fraction of sp³-hybridized carbons (Fsp3) is 0.176. The third kappa shape index (κ3) is 4.00. The molecule has 1 unspecified atom stereocenters. The summed E-state index contributed by atoms with van der Waals surface area (Å²) in [5.74, 6) is 1.15. The number of hydrogen-bond donors (Lipinski definition) is 1. The van der Waals surface area contributed by atoms with Crippen molar-refractivity contribution in [2.75, 3.05) is 7.11 Å². The zero-order valence-electron chi connectivity index (χ0n) is 11.8. The summed E-state index contributed by atoms with van der Waals surface area (Å²) >= 11 is 5.72. The molecule has 0 aliphatic carbocycles. The molecule has 2 rings (SSSR count). The summed E-state index contributed by atoms with van der Waals surface area (Å²) in [5, 5.41) is 10.1. The van der Waals surface area contributed by atoms with E-state index in [1.807, 2.05) is 30.3 Å². The van der Waals surface area contributed by atoms with Crippen molar-refractivity contribution in [2.45, 2.75) is 12.7 Å². The molecule has 0 spiro atoms. The highest BCUT2D eigenvalue weighted by Gasteiger charge is 2.13. The zero-order chi connectivity index (χ0) is 15.2. The number of rotatable bonds is 6. The van der Waals surface area contributed by atoms with Gasteiger partial charge in [0.1, 0.15) is 12.7 Å². The number of benzene rings is 2. The topological polar surface area (TPSA) is 38.7 Å². The van der Waals surface area contributed by atoms with Crippen LogP contribution in [-0.2, 0) is 6.61 Å². The number of hydrogen-bond acceptors (Lipinski definition) is 3. The number of aliphatic hydroxyl groups is 1. The summed E-state index contributed by atoms with van der Waals surface area (Å²) < 4.78 is 11.0. The summed E-state index contributed by atoms with van der Waals surface area (Å²) in [7, 11) is 1.55. The normalized spacial score (nSPS) is 11.8. The molecule has 0 saturated carbocycles. The highest BCUT2D eigenvalue weighted by atomic mass is 35.5. The van der Waals surface area contributed by atoms with E-state index >= 15 is 0 Å². The Hall–Kier alpha value is -1.97. The number of halogens is 1. The molecule has 110 valence electrons. The predicted molar refractivity (Wildman–Crippen MR) is 83.7 cm³/mol. The molecule has 0 bridgehead atoms. The Kier molecular flexibility index (Phi) is 5.26. The van der Waals surface area contributed by atoms with Crippen LogP contribution in [0.4, 0.5) is 0 Å². The second kappa shape index (κ2) is 7.16. The van der Waals surface area contributed by atoms with Gasteiger partial charge in [0.2, 0.25) is 0 Å². The molecule has 2 aromatic rings. The molecule has 4 heteroatoms. The molecule has 0 aliphatic rings. The molecule has 0 aliphatic heterocycles. The molecule has 21 heavy (non-hydrogen) atoms. The monoisotopic (exact) mass is 304 g/mol. The van der Waals surface area contributed by atoms with Crippen molar-refractivity contribution < 1.29 is 14.6 Å². The predicted octanol–water partition coefficient (Wildman–Crippen LogP) is 4.06. The van der Waals surface area contributed by atoms with E-state index in [9.17, 15) is 5.11 Å². The molecule has 0 aromatic heterocycles. The van der Waals surface area contributed by atoms with Gasteiger partial charge in [0.05, 0.1) is 7.11 Å². The van der Waals surface area contributed by atoms with Gasteiger partial charge in [-0.1, -0.05) is 54.6 Å². The molecule has 2 aromatic carbocycles. The number of aliphatic hydroxyl groups excluding tert-OH is 1. The first-order valence-electron chi connectivity index (χ1n) is 6.49. The second-order valence-electron chi connectivity index (χ2n) is 4.53. The fourth-order valence-electron chi connectivity index (χ4n) is 1.89. The molecular weight excluding hydrogens is 288 g/mol. The van der Waals surface area contributed by atoms with Crippen molar-refractivity contribution in [2.24, 2.45) is 0 Å². The maximum atomic E-state index is 9.89. The van der Waals surface area contributed by atoms with Crippen LogP contribution in [0.25, 0.3) is 0 Å². The van der Waals surface area contributed by atoms with E-state index < -0.39 is 6.10 Å². The summed E-state index contributed by atoms with van der Waals surface area (Å²) in [5.41, 5.74) is 1.68. The second-order valence-corrected chi connectivity index (χ2v) is 5.02. The van der Waals surface area contributed by atoms with E-state index in [1.165, 1.54) is 0 Å². The van der Waals surface area contributed by atoms with E-state index in [2.05, 4.69) is 6.58 Å². The Morgan fingerprint density at radius 2 is 1.90 bits per heavy atom. The quantitative estimate of drug-likeness (QED) is 0.874. The average Bonchev–Trinajstić information content (AvgIpc) is 2.53. The molecular formula is C17H17ClO3. The molecule has 0 heterocycles. The van der Waals surface area contributed by atoms with Crippen LogP contribution < -0.4 is 9.47 Å². The van der Waals surface area contributed by atoms with Gasteiger partial charge in [-0.05, 0) is 23.3 Å². The van der Waals surface area contributed by atoms with Crippen LogP contribution in [0.15, 0.2) is 60.1 Å². The molecule has 1 atom stereocenters. The first-order valence-corrected chi connectivity index (χ1v) is 6.86. The van der Waals surface area contributed by atoms with E-state index in [0.717, 1.165) is 5.56 Å². The van der Waals surface area contributed by atoms with Gasteiger partial charge in [0.25, 0.3) is 0 Å². The summed E-state index contributed by atoms with van der Waals surface area (Å²) in [6.07, 6.45) is -0.927. The SMILES string of the molecule is C=C(Cl)C(O)c1ccc(OCc2ccccc2)c(OC)c1. The van der Waals surface area contributed by atoms with E-state index in [0.29, 0.717) is 23.7 Å². The molecule has 0 radical (unpaired) electrons. The van der Waals surface area contributed by atoms with Crippen LogP contribution >= 0.6 is 11.6 Å². The lowest BCUT2D eigenvalue weighted by Gasteiger charge is -2.14. The van der Waals surface area contributed by atoms with Crippen LogP contribution in [0.1, 0.15) is 17.2 Å². The van der Waals surface area contributed by atoms with Crippen molar-refractivity contribution in [3.8, 4) is 11.5 Å². The van der Waals surface area contributed by atoms with E-state index in [4.69, 9.17) is 21.1 Å². The highest BCUT2D eigenvalue weighted by molar-refractivity contribution is 6.29. The van der Waals surface area contributed by atoms with Gasteiger partial charge < -0.3 is 14.6 Å². The first kappa shape index (κ1) is 15.4. The Morgan fingerprint density at radius 3 is 2.52 bits per heavy atom. The molecule has 0 fully saturated rings. The Labute approximate surface area is 129 Å². The van der Waals surface area contributed by atoms with Gasteiger partial charge >= 0.3 is 0 Å². The van der Waals surface area contributed by atoms with Crippen LogP contribution in [-0.4, -0.2) is 12.2 Å². The summed E-state index contributed by atoms with van der Waals surface area (Å²) in [6.45, 7) is 3.97. The number of methoxy groups -OCH3 is 1. The lowest BCUT2D eigenvalue weighted by molar-refractivity contribution is 0.223. The zero-order valence-corrected chi connectivity index (χ0v) is 12.5. The minimum atomic E-state index is -0.927. The standard InChI is InChI=1S/C17H17ClO3/c1-12(18)17(19)14-8-9-15(16(10-14)20-2)21-11-13-6-4-3-5-7-13/h3-10,17,19H,1,11H2,2H3. The lowest BCUT2D eigenvalue weighted by atomic mass is 10.1. The maximum Gasteiger partial charge on any atom is 0.161 e. The smallest absolute Gasteiger partial charge is 0.161 e.